The van der Waals surface area contributed by atoms with Crippen LogP contribution in [0.4, 0.5) is 0 Å². The molecule has 0 radical (unpaired) electrons. The molecule has 0 aromatic heterocycles. The maximum absolute atomic E-state index is 12.0. The number of ether oxygens (including phenoxy) is 1. The molecule has 0 aliphatic rings. The van der Waals surface area contributed by atoms with Crippen molar-refractivity contribution >= 4 is 5.78 Å². The minimum atomic E-state index is -0.0891. The number of benzene rings is 1. The van der Waals surface area contributed by atoms with Gasteiger partial charge in [-0.15, -0.1) is 0 Å². The second-order valence-corrected chi connectivity index (χ2v) is 3.12. The third kappa shape index (κ3) is 2.70. The van der Waals surface area contributed by atoms with Crippen molar-refractivity contribution in [1.82, 2.24) is 0 Å². The van der Waals surface area contributed by atoms with E-state index in [2.05, 4.69) is 13.2 Å². The van der Waals surface area contributed by atoms with Crippen LogP contribution in [0.3, 0.4) is 0 Å². The highest BCUT2D eigenvalue weighted by Crippen LogP contribution is 2.16. The van der Waals surface area contributed by atoms with Gasteiger partial charge in [-0.05, 0) is 12.1 Å². The highest BCUT2D eigenvalue weighted by Gasteiger charge is 2.09. The maximum atomic E-state index is 12.0. The van der Waals surface area contributed by atoms with E-state index in [4.69, 9.17) is 4.74 Å². The van der Waals surface area contributed by atoms with Crippen molar-refractivity contribution in [3.8, 4) is 5.75 Å². The van der Waals surface area contributed by atoms with Crippen LogP contribution < -0.4 is 4.74 Å². The van der Waals surface area contributed by atoms with Crippen LogP contribution in [0.15, 0.2) is 61.2 Å². The highest BCUT2D eigenvalue weighted by molar-refractivity contribution is 6.10. The van der Waals surface area contributed by atoms with Gasteiger partial charge in [0.2, 0.25) is 0 Å². The van der Waals surface area contributed by atoms with Crippen molar-refractivity contribution in [2.24, 2.45) is 0 Å². The Labute approximate surface area is 95.6 Å². The van der Waals surface area contributed by atoms with E-state index in [1.165, 1.54) is 6.08 Å². The molecule has 0 aliphatic heterocycles. The summed E-state index contributed by atoms with van der Waals surface area (Å²) >= 11 is 0. The molecule has 0 amide bonds. The molecule has 0 spiro atoms. The molecule has 0 atom stereocenters. The summed E-state index contributed by atoms with van der Waals surface area (Å²) in [4.78, 5) is 12.0. The lowest BCUT2D eigenvalue weighted by Gasteiger charge is -2.04. The van der Waals surface area contributed by atoms with Crippen molar-refractivity contribution in [2.45, 2.75) is 0 Å². The molecule has 1 rings (SSSR count). The Kier molecular flexibility index (Phi) is 4.28. The summed E-state index contributed by atoms with van der Waals surface area (Å²) < 4.78 is 5.06. The van der Waals surface area contributed by atoms with Crippen LogP contribution in [0.2, 0.25) is 0 Å². The fraction of sp³-hybridized carbons (Fsp3) is 0.0714. The average Bonchev–Trinajstić information content (AvgIpc) is 2.35. The van der Waals surface area contributed by atoms with Crippen LogP contribution in [0.5, 0.6) is 5.75 Å². The summed E-state index contributed by atoms with van der Waals surface area (Å²) in [5.74, 6) is 0.571. The van der Waals surface area contributed by atoms with Gasteiger partial charge in [-0.3, -0.25) is 4.79 Å². The molecule has 0 aliphatic carbocycles. The quantitative estimate of drug-likeness (QED) is 0.427. The first-order chi connectivity index (χ1) is 7.72. The highest BCUT2D eigenvalue weighted by atomic mass is 16.5. The van der Waals surface area contributed by atoms with Crippen molar-refractivity contribution in [1.29, 1.82) is 0 Å². The van der Waals surface area contributed by atoms with Gasteiger partial charge < -0.3 is 4.74 Å². The lowest BCUT2D eigenvalue weighted by Crippen LogP contribution is -2.01. The number of carbonyl (C=O) groups is 1. The zero-order chi connectivity index (χ0) is 12.0. The number of methoxy groups -OCH3 is 1. The topological polar surface area (TPSA) is 26.3 Å². The molecule has 0 saturated heterocycles. The van der Waals surface area contributed by atoms with Crippen LogP contribution in [0.1, 0.15) is 10.4 Å². The lowest BCUT2D eigenvalue weighted by molar-refractivity contribution is 0.103. The first kappa shape index (κ1) is 12.0. The first-order valence-corrected chi connectivity index (χ1v) is 4.87. The van der Waals surface area contributed by atoms with Crippen LogP contribution >= 0.6 is 0 Å². The Morgan fingerprint density at radius 3 is 2.69 bits per heavy atom. The van der Waals surface area contributed by atoms with Crippen LogP contribution in [0, 0.1) is 0 Å². The monoisotopic (exact) mass is 214 g/mol. The molecular weight excluding hydrogens is 200 g/mol. The molecular formula is C14H14O2. The average molecular weight is 214 g/mol. The number of rotatable bonds is 5. The Bertz CT molecular complexity index is 442. The van der Waals surface area contributed by atoms with E-state index in [0.29, 0.717) is 16.9 Å². The number of hydrogen-bond acceptors (Lipinski definition) is 2. The van der Waals surface area contributed by atoms with Crippen molar-refractivity contribution in [2.75, 3.05) is 7.11 Å². The van der Waals surface area contributed by atoms with Crippen molar-refractivity contribution in [3.05, 3.63) is 66.8 Å². The van der Waals surface area contributed by atoms with E-state index in [9.17, 15) is 4.79 Å². The SMILES string of the molecule is C=C/C=C(\C=C)C(=O)c1cccc(OC)c1. The van der Waals surface area contributed by atoms with Crippen LogP contribution in [-0.2, 0) is 0 Å². The van der Waals surface area contributed by atoms with Gasteiger partial charge in [-0.25, -0.2) is 0 Å². The molecule has 0 N–H and O–H groups in total. The summed E-state index contributed by atoms with van der Waals surface area (Å²) in [6, 6.07) is 7.01. The predicted molar refractivity (Wildman–Crippen MR) is 65.8 cm³/mol. The normalized spacial score (nSPS) is 10.7. The van der Waals surface area contributed by atoms with E-state index in [-0.39, 0.29) is 5.78 Å². The Morgan fingerprint density at radius 2 is 2.12 bits per heavy atom. The number of allylic oxidation sites excluding steroid dienone is 4. The lowest BCUT2D eigenvalue weighted by atomic mass is 10.0. The Hall–Kier alpha value is -2.09. The third-order valence-corrected chi connectivity index (χ3v) is 2.11. The van der Waals surface area contributed by atoms with Crippen LogP contribution in [0.25, 0.3) is 0 Å². The minimum Gasteiger partial charge on any atom is -0.497 e. The molecule has 2 heteroatoms. The van der Waals surface area contributed by atoms with E-state index in [0.717, 1.165) is 0 Å². The summed E-state index contributed by atoms with van der Waals surface area (Å²) in [5.41, 5.74) is 1.09. The molecule has 1 aromatic carbocycles. The fourth-order valence-corrected chi connectivity index (χ4v) is 1.29. The zero-order valence-corrected chi connectivity index (χ0v) is 9.27. The van der Waals surface area contributed by atoms with Gasteiger partial charge in [0.25, 0.3) is 0 Å². The van der Waals surface area contributed by atoms with Gasteiger partial charge in [0, 0.05) is 11.1 Å². The number of carbonyl (C=O) groups excluding carboxylic acids is 1. The standard InChI is InChI=1S/C14H14O2/c1-4-7-11(5-2)14(15)12-8-6-9-13(10-12)16-3/h4-10H,1-2H2,3H3/b11-7+. The molecule has 0 unspecified atom stereocenters. The Morgan fingerprint density at radius 1 is 1.38 bits per heavy atom. The molecule has 0 heterocycles. The molecule has 0 bridgehead atoms. The zero-order valence-electron chi connectivity index (χ0n) is 9.27. The summed E-state index contributed by atoms with van der Waals surface area (Å²) in [5, 5.41) is 0. The summed E-state index contributed by atoms with van der Waals surface area (Å²) in [7, 11) is 1.57. The third-order valence-electron chi connectivity index (χ3n) is 2.11. The smallest absolute Gasteiger partial charge is 0.193 e. The maximum Gasteiger partial charge on any atom is 0.193 e. The van der Waals surface area contributed by atoms with Gasteiger partial charge in [-0.2, -0.15) is 0 Å². The van der Waals surface area contributed by atoms with E-state index in [1.54, 1.807) is 43.5 Å². The number of hydrogen-bond donors (Lipinski definition) is 0. The Balaban J connectivity index is 3.08. The van der Waals surface area contributed by atoms with Crippen molar-refractivity contribution < 1.29 is 9.53 Å². The van der Waals surface area contributed by atoms with Gasteiger partial charge >= 0.3 is 0 Å². The molecule has 82 valence electrons. The summed E-state index contributed by atoms with van der Waals surface area (Å²) in [6.45, 7) is 7.16. The number of Topliss-reactive ketones (excluding diaryl/α,β-unsaturated/α-hetero) is 1. The molecule has 0 fully saturated rings. The molecule has 0 saturated carbocycles. The minimum absolute atomic E-state index is 0.0891. The van der Waals surface area contributed by atoms with Crippen molar-refractivity contribution in [3.63, 3.8) is 0 Å². The van der Waals surface area contributed by atoms with E-state index >= 15 is 0 Å². The summed E-state index contributed by atoms with van der Waals surface area (Å²) in [6.07, 6.45) is 4.72. The second-order valence-electron chi connectivity index (χ2n) is 3.12. The van der Waals surface area contributed by atoms with Gasteiger partial charge in [-0.1, -0.05) is 43.5 Å². The van der Waals surface area contributed by atoms with Gasteiger partial charge in [0.15, 0.2) is 5.78 Å². The van der Waals surface area contributed by atoms with Gasteiger partial charge in [0.1, 0.15) is 5.75 Å². The van der Waals surface area contributed by atoms with E-state index < -0.39 is 0 Å². The largest absolute Gasteiger partial charge is 0.497 e. The first-order valence-electron chi connectivity index (χ1n) is 4.87. The predicted octanol–water partition coefficient (Wildman–Crippen LogP) is 3.18. The van der Waals surface area contributed by atoms with Gasteiger partial charge in [0.05, 0.1) is 7.11 Å². The van der Waals surface area contributed by atoms with E-state index in [1.807, 2.05) is 0 Å². The fourth-order valence-electron chi connectivity index (χ4n) is 1.29. The molecule has 1 aromatic rings. The molecule has 2 nitrogen and oxygen atoms in total. The second kappa shape index (κ2) is 5.71. The molecule has 16 heavy (non-hydrogen) atoms. The van der Waals surface area contributed by atoms with Crippen LogP contribution in [-0.4, -0.2) is 12.9 Å². The number of ketones is 1.